The molecule has 1 unspecified atom stereocenters. The molecule has 0 aliphatic carbocycles. The molecule has 0 aromatic heterocycles. The summed E-state index contributed by atoms with van der Waals surface area (Å²) < 4.78 is 15.5. The van der Waals surface area contributed by atoms with Gasteiger partial charge in [-0.25, -0.2) is 0 Å². The summed E-state index contributed by atoms with van der Waals surface area (Å²) in [6.07, 6.45) is 18.3. The molecule has 0 saturated carbocycles. The second-order valence-corrected chi connectivity index (χ2v) is 8.00. The second kappa shape index (κ2) is 15.1. The first-order chi connectivity index (χ1) is 10.1. The van der Waals surface area contributed by atoms with Gasteiger partial charge in [0.25, 0.3) is 0 Å². The Morgan fingerprint density at radius 2 is 1.05 bits per heavy atom. The van der Waals surface area contributed by atoms with Crippen LogP contribution in [-0.4, -0.2) is 13.3 Å². The van der Waals surface area contributed by atoms with Crippen LogP contribution >= 0.6 is 7.60 Å². The van der Waals surface area contributed by atoms with Crippen LogP contribution in [0, 0.1) is 0 Å². The van der Waals surface area contributed by atoms with Crippen molar-refractivity contribution in [3.8, 4) is 0 Å². The molecule has 21 heavy (non-hydrogen) atoms. The zero-order valence-corrected chi connectivity index (χ0v) is 15.2. The molecule has 4 heteroatoms. The zero-order valence-electron chi connectivity index (χ0n) is 14.3. The topological polar surface area (TPSA) is 49.4 Å². The molecule has 0 amide bonds. The maximum atomic E-state index is 10.8. The second-order valence-electron chi connectivity index (χ2n) is 6.20. The molecule has 0 rings (SSSR count). The number of rotatable bonds is 16. The highest BCUT2D eigenvalue weighted by Crippen LogP contribution is 2.31. The van der Waals surface area contributed by atoms with E-state index in [-0.39, 0.29) is 0 Å². The lowest BCUT2D eigenvalue weighted by Crippen LogP contribution is -2.03. The van der Waals surface area contributed by atoms with Crippen molar-refractivity contribution in [2.24, 2.45) is 0 Å². The van der Waals surface area contributed by atoms with Crippen LogP contribution in [0.5, 0.6) is 0 Å². The Labute approximate surface area is 132 Å². The van der Waals surface area contributed by atoms with Crippen LogP contribution in [0.4, 0.5) is 0 Å². The van der Waals surface area contributed by atoms with E-state index in [2.05, 4.69) is 6.92 Å². The lowest BCUT2D eigenvalue weighted by Gasteiger charge is -2.17. The fraction of sp³-hybridized carbons (Fsp3) is 1.00. The van der Waals surface area contributed by atoms with Gasteiger partial charge in [0, 0.05) is 6.66 Å². The van der Waals surface area contributed by atoms with Crippen LogP contribution in [0.2, 0.25) is 0 Å². The lowest BCUT2D eigenvalue weighted by atomic mass is 10.0. The molecule has 0 aliphatic heterocycles. The van der Waals surface area contributed by atoms with Gasteiger partial charge in [0.15, 0.2) is 0 Å². The number of unbranched alkanes of at least 4 members (excludes halogenated alkanes) is 13. The Morgan fingerprint density at radius 1 is 0.714 bits per heavy atom. The standard InChI is InChI=1S/C17H37O3P/c1-3-4-5-6-7-8-9-10-11-12-13-14-15-16-17-20-21(2,18)19/h3-17H2,1-2H3,(H,18,19)/p-1. The number of hydrogen-bond donors (Lipinski definition) is 0. The zero-order chi connectivity index (χ0) is 15.8. The van der Waals surface area contributed by atoms with E-state index in [4.69, 9.17) is 4.52 Å². The molecule has 1 atom stereocenters. The van der Waals surface area contributed by atoms with E-state index in [1.54, 1.807) is 0 Å². The van der Waals surface area contributed by atoms with Gasteiger partial charge in [-0.3, -0.25) is 0 Å². The van der Waals surface area contributed by atoms with Gasteiger partial charge in [0.05, 0.1) is 6.61 Å². The minimum absolute atomic E-state index is 0.356. The van der Waals surface area contributed by atoms with Crippen molar-refractivity contribution in [1.82, 2.24) is 0 Å². The maximum Gasteiger partial charge on any atom is 0.131 e. The molecule has 0 radical (unpaired) electrons. The molecule has 0 spiro atoms. The van der Waals surface area contributed by atoms with Gasteiger partial charge in [-0.05, 0) is 6.42 Å². The van der Waals surface area contributed by atoms with Crippen LogP contribution in [0.3, 0.4) is 0 Å². The predicted octanol–water partition coefficient (Wildman–Crippen LogP) is 5.67. The average Bonchev–Trinajstić information content (AvgIpc) is 2.42. The fourth-order valence-corrected chi connectivity index (χ4v) is 2.99. The summed E-state index contributed by atoms with van der Waals surface area (Å²) in [4.78, 5) is 10.8. The highest BCUT2D eigenvalue weighted by atomic mass is 31.2. The van der Waals surface area contributed by atoms with Gasteiger partial charge in [0.2, 0.25) is 0 Å². The van der Waals surface area contributed by atoms with Crippen LogP contribution in [0.15, 0.2) is 0 Å². The van der Waals surface area contributed by atoms with Crippen molar-refractivity contribution in [3.05, 3.63) is 0 Å². The quantitative estimate of drug-likeness (QED) is 0.272. The van der Waals surface area contributed by atoms with Gasteiger partial charge in [-0.1, -0.05) is 90.4 Å². The normalized spacial score (nSPS) is 14.2. The Kier molecular flexibility index (Phi) is 15.2. The van der Waals surface area contributed by atoms with Crippen molar-refractivity contribution in [2.75, 3.05) is 13.3 Å². The first kappa shape index (κ1) is 21.1. The smallest absolute Gasteiger partial charge is 0.131 e. The largest absolute Gasteiger partial charge is 0.779 e. The molecule has 0 fully saturated rings. The monoisotopic (exact) mass is 319 g/mol. The molecule has 128 valence electrons. The minimum Gasteiger partial charge on any atom is -0.779 e. The first-order valence-corrected chi connectivity index (χ1v) is 11.0. The van der Waals surface area contributed by atoms with E-state index in [0.29, 0.717) is 6.61 Å². The van der Waals surface area contributed by atoms with E-state index in [0.717, 1.165) is 19.5 Å². The van der Waals surface area contributed by atoms with Gasteiger partial charge < -0.3 is 14.0 Å². The van der Waals surface area contributed by atoms with E-state index < -0.39 is 7.60 Å². The van der Waals surface area contributed by atoms with Crippen LogP contribution in [0.25, 0.3) is 0 Å². The van der Waals surface area contributed by atoms with Gasteiger partial charge in [0.1, 0.15) is 7.60 Å². The predicted molar refractivity (Wildman–Crippen MR) is 89.8 cm³/mol. The molecule has 0 aromatic carbocycles. The molecular formula is C17H36O3P-. The first-order valence-electron chi connectivity index (χ1n) is 8.99. The van der Waals surface area contributed by atoms with Gasteiger partial charge >= 0.3 is 0 Å². The van der Waals surface area contributed by atoms with E-state index in [1.807, 2.05) is 0 Å². The third kappa shape index (κ3) is 20.1. The molecule has 0 bridgehead atoms. The van der Waals surface area contributed by atoms with Crippen molar-refractivity contribution in [1.29, 1.82) is 0 Å². The molecule has 0 aromatic rings. The molecule has 0 N–H and O–H groups in total. The minimum atomic E-state index is -3.50. The highest BCUT2D eigenvalue weighted by Gasteiger charge is 1.98. The summed E-state index contributed by atoms with van der Waals surface area (Å²) in [5, 5.41) is 0. The molecule has 0 saturated heterocycles. The summed E-state index contributed by atoms with van der Waals surface area (Å²) in [5.74, 6) is 0. The van der Waals surface area contributed by atoms with Crippen LogP contribution in [0.1, 0.15) is 96.8 Å². The average molecular weight is 319 g/mol. The molecule has 0 heterocycles. The van der Waals surface area contributed by atoms with Crippen molar-refractivity contribution >= 4 is 7.60 Å². The highest BCUT2D eigenvalue weighted by molar-refractivity contribution is 7.50. The number of hydrogen-bond acceptors (Lipinski definition) is 3. The van der Waals surface area contributed by atoms with Crippen molar-refractivity contribution in [2.45, 2.75) is 96.8 Å². The van der Waals surface area contributed by atoms with Crippen molar-refractivity contribution in [3.63, 3.8) is 0 Å². The lowest BCUT2D eigenvalue weighted by molar-refractivity contribution is -0.196. The molecule has 3 nitrogen and oxygen atoms in total. The summed E-state index contributed by atoms with van der Waals surface area (Å²) >= 11 is 0. The van der Waals surface area contributed by atoms with Gasteiger partial charge in [-0.2, -0.15) is 0 Å². The van der Waals surface area contributed by atoms with Gasteiger partial charge in [-0.15, -0.1) is 0 Å². The summed E-state index contributed by atoms with van der Waals surface area (Å²) in [6, 6.07) is 0. The molecular weight excluding hydrogens is 283 g/mol. The maximum absolute atomic E-state index is 10.8. The third-order valence-electron chi connectivity index (χ3n) is 3.82. The fourth-order valence-electron chi connectivity index (χ4n) is 2.53. The van der Waals surface area contributed by atoms with Crippen LogP contribution < -0.4 is 4.89 Å². The summed E-state index contributed by atoms with van der Waals surface area (Å²) in [6.45, 7) is 3.76. The molecule has 0 aliphatic rings. The summed E-state index contributed by atoms with van der Waals surface area (Å²) in [7, 11) is -3.50. The third-order valence-corrected chi connectivity index (χ3v) is 4.48. The Bertz CT molecular complexity index is 250. The summed E-state index contributed by atoms with van der Waals surface area (Å²) in [5.41, 5.74) is 0. The Morgan fingerprint density at radius 3 is 1.38 bits per heavy atom. The van der Waals surface area contributed by atoms with E-state index >= 15 is 0 Å². The SMILES string of the molecule is CCCCCCCCCCCCCCCCOP(C)(=O)[O-]. The Hall–Kier alpha value is 0.150. The van der Waals surface area contributed by atoms with E-state index in [1.165, 1.54) is 77.0 Å². The van der Waals surface area contributed by atoms with E-state index in [9.17, 15) is 9.46 Å². The van der Waals surface area contributed by atoms with Crippen LogP contribution in [-0.2, 0) is 9.09 Å². The van der Waals surface area contributed by atoms with Crippen molar-refractivity contribution < 1.29 is 14.0 Å². The Balaban J connectivity index is 3.01.